The number of aliphatic hydroxyl groups is 2. The normalized spacial score (nSPS) is 15.5. The maximum Gasteiger partial charge on any atom is 0.472 e. The predicted octanol–water partition coefficient (Wildman–Crippen LogP) is 10.6. The number of carbonyl (C=O) groups is 2. The third-order valence-corrected chi connectivity index (χ3v) is 9.85. The highest BCUT2D eigenvalue weighted by Gasteiger charge is 2.28. The Kier molecular flexibility index (Phi) is 39.8. The monoisotopic (exact) mass is 938 g/mol. The molecule has 64 heavy (non-hydrogen) atoms. The van der Waals surface area contributed by atoms with Gasteiger partial charge in [0.2, 0.25) is 0 Å². The molecule has 5 N–H and O–H groups in total. The second-order valence-corrected chi connectivity index (χ2v) is 17.1. The molecule has 0 amide bonds. The molecule has 2 unspecified atom stereocenters. The van der Waals surface area contributed by atoms with Crippen molar-refractivity contribution in [3.05, 3.63) is 122 Å². The lowest BCUT2D eigenvalue weighted by molar-refractivity contribution is -0.161. The molecule has 0 radical (unpaired) electrons. The van der Waals surface area contributed by atoms with E-state index in [4.69, 9.17) is 23.8 Å². The second-order valence-electron chi connectivity index (χ2n) is 14.4. The van der Waals surface area contributed by atoms with Crippen LogP contribution in [0.15, 0.2) is 122 Å². The van der Waals surface area contributed by atoms with Crippen LogP contribution in [0.25, 0.3) is 0 Å². The Hall–Kier alpha value is -3.52. The summed E-state index contributed by atoms with van der Waals surface area (Å²) < 4.78 is 47.6. The zero-order valence-electron chi connectivity index (χ0n) is 37.9. The van der Waals surface area contributed by atoms with E-state index in [1.165, 1.54) is 19.3 Å². The highest BCUT2D eigenvalue weighted by Crippen LogP contribution is 2.43. The van der Waals surface area contributed by atoms with E-state index in [1.807, 2.05) is 54.7 Å². The number of allylic oxidation sites excluding steroid dienone is 18. The van der Waals surface area contributed by atoms with Gasteiger partial charge in [0.15, 0.2) is 6.10 Å². The Morgan fingerprint density at radius 3 is 1.64 bits per heavy atom. The van der Waals surface area contributed by atoms with Gasteiger partial charge in [0, 0.05) is 12.8 Å². The molecule has 4 atom stereocenters. The Morgan fingerprint density at radius 2 is 1.05 bits per heavy atom. The first-order valence-electron chi connectivity index (χ1n) is 22.3. The van der Waals surface area contributed by atoms with Gasteiger partial charge in [-0.2, -0.15) is 0 Å². The zero-order valence-corrected chi connectivity index (χ0v) is 39.7. The fourth-order valence-corrected chi connectivity index (χ4v) is 6.19. The number of phosphoric acid groups is 2. The number of aliphatic hydroxyl groups excluding tert-OH is 2. The van der Waals surface area contributed by atoms with Crippen molar-refractivity contribution < 1.29 is 66.7 Å². The summed E-state index contributed by atoms with van der Waals surface area (Å²) in [4.78, 5) is 52.7. The summed E-state index contributed by atoms with van der Waals surface area (Å²) in [7, 11) is -9.75. The van der Waals surface area contributed by atoms with Crippen molar-refractivity contribution in [2.75, 3.05) is 26.4 Å². The first-order valence-corrected chi connectivity index (χ1v) is 25.4. The molecule has 0 saturated carbocycles. The van der Waals surface area contributed by atoms with Gasteiger partial charge in [-0.25, -0.2) is 9.13 Å². The standard InChI is InChI=1S/C48H76O14P2/c1-3-5-7-9-11-12-13-14-15-16-17-18-19-20-21-22-27-31-35-39-48(52)62-46(43-61-64(56,57)60-41-45(50)40-59-63(53,54)55)42-58-47(51)38-34-30-26-24-23-25-29-33-37-44(49)36-32-28-10-8-6-4-2/h6,8,11-12,14-15,17-18,20-21,24-29,31-33,37,44-46,49-50H,3-5,7,9-10,13,16,19,22-23,30,34-36,38-43H2,1-2H3,(H,56,57)(H2,53,54,55)/b8-6-,12-11-,15-14-,18-17-,21-20-,26-24-,29-25-,31-27-,32-28-,37-33+/t44?,45-,46+/m0/s1. The van der Waals surface area contributed by atoms with Crippen LogP contribution >= 0.6 is 15.6 Å². The minimum absolute atomic E-state index is 0.0244. The Bertz CT molecular complexity index is 1600. The number of ether oxygens (including phenoxy) is 2. The van der Waals surface area contributed by atoms with Crippen molar-refractivity contribution in [2.45, 2.75) is 141 Å². The second kappa shape index (κ2) is 42.1. The van der Waals surface area contributed by atoms with Gasteiger partial charge in [-0.3, -0.25) is 23.2 Å². The highest BCUT2D eigenvalue weighted by molar-refractivity contribution is 7.47. The van der Waals surface area contributed by atoms with Crippen molar-refractivity contribution in [1.82, 2.24) is 0 Å². The van der Waals surface area contributed by atoms with Crippen LogP contribution in [0.1, 0.15) is 123 Å². The lowest BCUT2D eigenvalue weighted by Gasteiger charge is -2.20. The van der Waals surface area contributed by atoms with E-state index in [0.717, 1.165) is 38.5 Å². The van der Waals surface area contributed by atoms with Gasteiger partial charge in [0.25, 0.3) is 0 Å². The quantitative estimate of drug-likeness (QED) is 0.0127. The van der Waals surface area contributed by atoms with E-state index < -0.39 is 72.3 Å². The third-order valence-electron chi connectivity index (χ3n) is 8.42. The Morgan fingerprint density at radius 1 is 0.531 bits per heavy atom. The molecule has 0 aliphatic heterocycles. The zero-order chi connectivity index (χ0) is 47.4. The number of rotatable bonds is 40. The van der Waals surface area contributed by atoms with Crippen molar-refractivity contribution in [1.29, 1.82) is 0 Å². The van der Waals surface area contributed by atoms with Crippen LogP contribution in [-0.2, 0) is 41.8 Å². The summed E-state index contributed by atoms with van der Waals surface area (Å²) in [6.07, 6.45) is 49.5. The minimum atomic E-state index is -4.89. The maximum absolute atomic E-state index is 12.6. The van der Waals surface area contributed by atoms with Crippen molar-refractivity contribution in [3.63, 3.8) is 0 Å². The van der Waals surface area contributed by atoms with E-state index in [-0.39, 0.29) is 12.8 Å². The van der Waals surface area contributed by atoms with E-state index >= 15 is 0 Å². The topological polar surface area (TPSA) is 216 Å². The number of hydrogen-bond acceptors (Lipinski definition) is 11. The smallest absolute Gasteiger partial charge is 0.462 e. The van der Waals surface area contributed by atoms with Crippen LogP contribution in [-0.4, -0.2) is 81.6 Å². The number of unbranched alkanes of at least 4 members (excludes halogenated alkanes) is 4. The summed E-state index contributed by atoms with van der Waals surface area (Å²) in [6.45, 7) is 1.35. The van der Waals surface area contributed by atoms with E-state index in [2.05, 4.69) is 77.6 Å². The highest BCUT2D eigenvalue weighted by atomic mass is 31.2. The average molecular weight is 939 g/mol. The molecule has 0 spiro atoms. The number of phosphoric ester groups is 2. The number of esters is 2. The summed E-state index contributed by atoms with van der Waals surface area (Å²) >= 11 is 0. The van der Waals surface area contributed by atoms with Crippen LogP contribution in [0.5, 0.6) is 0 Å². The van der Waals surface area contributed by atoms with E-state index in [9.17, 15) is 33.8 Å². The van der Waals surface area contributed by atoms with Crippen molar-refractivity contribution >= 4 is 27.6 Å². The molecular formula is C48H76O14P2. The van der Waals surface area contributed by atoms with Gasteiger partial charge in [-0.05, 0) is 83.5 Å². The molecule has 0 aliphatic carbocycles. The van der Waals surface area contributed by atoms with Crippen molar-refractivity contribution in [2.24, 2.45) is 0 Å². The lowest BCUT2D eigenvalue weighted by Crippen LogP contribution is -2.29. The summed E-state index contributed by atoms with van der Waals surface area (Å²) in [5.74, 6) is -1.25. The molecule has 14 nitrogen and oxygen atoms in total. The largest absolute Gasteiger partial charge is 0.472 e. The van der Waals surface area contributed by atoms with Crippen LogP contribution in [0.4, 0.5) is 0 Å². The molecule has 0 aromatic carbocycles. The van der Waals surface area contributed by atoms with Gasteiger partial charge >= 0.3 is 27.6 Å². The van der Waals surface area contributed by atoms with Gasteiger partial charge in [-0.1, -0.05) is 148 Å². The number of hydrogen-bond donors (Lipinski definition) is 5. The fourth-order valence-electron chi connectivity index (χ4n) is 5.04. The summed E-state index contributed by atoms with van der Waals surface area (Å²) in [6, 6.07) is 0. The molecule has 0 aromatic rings. The van der Waals surface area contributed by atoms with Crippen LogP contribution < -0.4 is 0 Å². The third kappa shape index (κ3) is 45.1. The molecule has 362 valence electrons. The number of carbonyl (C=O) groups excluding carboxylic acids is 2. The first kappa shape index (κ1) is 60.5. The molecular weight excluding hydrogens is 862 g/mol. The van der Waals surface area contributed by atoms with Gasteiger partial charge in [0.1, 0.15) is 12.7 Å². The minimum Gasteiger partial charge on any atom is -0.462 e. The van der Waals surface area contributed by atoms with Crippen LogP contribution in [0.3, 0.4) is 0 Å². The van der Waals surface area contributed by atoms with Gasteiger partial charge < -0.3 is 34.4 Å². The van der Waals surface area contributed by atoms with Crippen LogP contribution in [0.2, 0.25) is 0 Å². The molecule has 0 bridgehead atoms. The Labute approximate surface area is 382 Å². The lowest BCUT2D eigenvalue weighted by atomic mass is 10.2. The van der Waals surface area contributed by atoms with Gasteiger partial charge in [0.05, 0.1) is 25.9 Å². The average Bonchev–Trinajstić information content (AvgIpc) is 3.25. The summed E-state index contributed by atoms with van der Waals surface area (Å²) in [5, 5.41) is 19.8. The molecule has 0 aromatic heterocycles. The molecule has 0 aliphatic rings. The fraction of sp³-hybridized carbons (Fsp3) is 0.542. The Balaban J connectivity index is 4.80. The molecule has 0 fully saturated rings. The predicted molar refractivity (Wildman–Crippen MR) is 254 cm³/mol. The van der Waals surface area contributed by atoms with E-state index in [1.54, 1.807) is 12.2 Å². The first-order chi connectivity index (χ1) is 30.8. The molecule has 0 rings (SSSR count). The molecule has 0 saturated heterocycles. The maximum atomic E-state index is 12.6. The summed E-state index contributed by atoms with van der Waals surface area (Å²) in [5.41, 5.74) is 0. The molecule has 0 heterocycles. The van der Waals surface area contributed by atoms with E-state index in [0.29, 0.717) is 38.5 Å². The SMILES string of the molecule is CC/C=C\C/C=C\CC(O)/C=C/C=C\C/C=C\CCCC(=O)OC[C@H](COP(=O)(O)OC[C@@H](O)COP(=O)(O)O)OC(=O)CC/C=C\C/C=C\C/C=C\C/C=C\C/C=C\CCCCC. The van der Waals surface area contributed by atoms with Crippen LogP contribution in [0, 0.1) is 0 Å². The molecule has 16 heteroatoms. The van der Waals surface area contributed by atoms with Gasteiger partial charge in [-0.15, -0.1) is 0 Å². The van der Waals surface area contributed by atoms with Crippen molar-refractivity contribution in [3.8, 4) is 0 Å².